The van der Waals surface area contributed by atoms with Gasteiger partial charge in [0.2, 0.25) is 0 Å². The second-order valence-electron chi connectivity index (χ2n) is 1.50. The van der Waals surface area contributed by atoms with Gasteiger partial charge in [-0.15, -0.1) is 36.4 Å². The van der Waals surface area contributed by atoms with E-state index in [1.807, 2.05) is 0 Å². The lowest BCUT2D eigenvalue weighted by molar-refractivity contribution is 0.534. The highest BCUT2D eigenvalue weighted by atomic mass is 127. The molecule has 1 heterocycles. The summed E-state index contributed by atoms with van der Waals surface area (Å²) >= 11 is 0. The quantitative estimate of drug-likeness (QED) is 0.601. The number of rotatable bonds is 0. The van der Waals surface area contributed by atoms with Crippen LogP contribution in [-0.4, -0.2) is 26.2 Å². The molecule has 52 valence electrons. The van der Waals surface area contributed by atoms with Crippen LogP contribution in [0.25, 0.3) is 0 Å². The maximum atomic E-state index is 3.22. The molecule has 8 heavy (non-hydrogen) atoms. The lowest BCUT2D eigenvalue weighted by atomic mass is 10.4. The summed E-state index contributed by atoms with van der Waals surface area (Å²) in [7, 11) is 0. The molecule has 4 heteroatoms. The van der Waals surface area contributed by atoms with Gasteiger partial charge in [-0.1, -0.05) is 0 Å². The highest BCUT2D eigenvalue weighted by molar-refractivity contribution is 14.0. The van der Waals surface area contributed by atoms with Gasteiger partial charge in [-0.3, -0.25) is 0 Å². The molecule has 1 rings (SSSR count). The van der Waals surface area contributed by atoms with Crippen LogP contribution in [0.4, 0.5) is 0 Å². The van der Waals surface area contributed by atoms with E-state index in [0.717, 1.165) is 26.2 Å². The van der Waals surface area contributed by atoms with E-state index in [1.165, 1.54) is 0 Å². The zero-order valence-corrected chi connectivity index (χ0v) is 7.79. The van der Waals surface area contributed by atoms with Crippen molar-refractivity contribution >= 4 is 36.4 Å². The molecule has 0 aromatic rings. The third-order valence-electron chi connectivity index (χ3n) is 0.957. The number of nitrogens with one attached hydrogen (secondary N) is 2. The van der Waals surface area contributed by atoms with Crippen molar-refractivity contribution < 1.29 is 0 Å². The molecule has 1 aliphatic rings. The molecule has 1 saturated heterocycles. The van der Waals surface area contributed by atoms with E-state index in [1.54, 1.807) is 0 Å². The number of hydrogen-bond donors (Lipinski definition) is 2. The van der Waals surface area contributed by atoms with E-state index in [4.69, 9.17) is 0 Å². The van der Waals surface area contributed by atoms with E-state index >= 15 is 0 Å². The number of hydrogen-bond acceptors (Lipinski definition) is 2. The Morgan fingerprint density at radius 1 is 0.750 bits per heavy atom. The van der Waals surface area contributed by atoms with Gasteiger partial charge in [0.1, 0.15) is 0 Å². The maximum Gasteiger partial charge on any atom is 0.00772 e. The van der Waals surface area contributed by atoms with Gasteiger partial charge in [0.05, 0.1) is 0 Å². The van der Waals surface area contributed by atoms with Crippen LogP contribution < -0.4 is 10.6 Å². The lowest BCUT2D eigenvalue weighted by Crippen LogP contribution is -2.39. The van der Waals surface area contributed by atoms with E-state index in [-0.39, 0.29) is 36.4 Å². The zero-order valence-electron chi connectivity index (χ0n) is 4.64. The molecule has 2 nitrogen and oxygen atoms in total. The van der Waals surface area contributed by atoms with Gasteiger partial charge in [0, 0.05) is 26.2 Å². The second kappa shape index (κ2) is 7.94. The Bertz CT molecular complexity index is 29.5. The molecule has 2 N–H and O–H groups in total. The number of halogens is 2. The molecule has 0 radical (unpaired) electrons. The topological polar surface area (TPSA) is 24.1 Å². The summed E-state index contributed by atoms with van der Waals surface area (Å²) in [6.07, 6.45) is 0. The molecule has 1 fully saturated rings. The normalized spacial score (nSPS) is 18.0. The minimum absolute atomic E-state index is 0. The minimum Gasteiger partial charge on any atom is -0.314 e. The highest BCUT2D eigenvalue weighted by Gasteiger charge is 1.91. The average molecular weight is 251 g/mol. The SMILES string of the molecule is C1CNCCN1.Cl.I. The van der Waals surface area contributed by atoms with Crippen molar-refractivity contribution in [1.82, 2.24) is 10.6 Å². The first-order valence-corrected chi connectivity index (χ1v) is 2.41. The number of piperazine rings is 1. The average Bonchev–Trinajstić information content (AvgIpc) is 1.72. The van der Waals surface area contributed by atoms with Crippen LogP contribution in [0.5, 0.6) is 0 Å². The Morgan fingerprint density at radius 3 is 1.12 bits per heavy atom. The van der Waals surface area contributed by atoms with Crippen molar-refractivity contribution in [2.75, 3.05) is 26.2 Å². The molecule has 0 unspecified atom stereocenters. The van der Waals surface area contributed by atoms with Crippen molar-refractivity contribution in [3.63, 3.8) is 0 Å². The fraction of sp³-hybridized carbons (Fsp3) is 1.00. The largest absolute Gasteiger partial charge is 0.314 e. The van der Waals surface area contributed by atoms with E-state index in [2.05, 4.69) is 10.6 Å². The maximum absolute atomic E-state index is 3.22. The molecule has 0 saturated carbocycles. The first kappa shape index (κ1) is 11.7. The Labute approximate surface area is 73.2 Å². The molecule has 0 amide bonds. The summed E-state index contributed by atoms with van der Waals surface area (Å²) < 4.78 is 0. The first-order chi connectivity index (χ1) is 3.00. The highest BCUT2D eigenvalue weighted by Crippen LogP contribution is 1.65. The molecule has 0 atom stereocenters. The monoisotopic (exact) mass is 250 g/mol. The van der Waals surface area contributed by atoms with Gasteiger partial charge in [0.25, 0.3) is 0 Å². The molecular weight excluding hydrogens is 238 g/mol. The van der Waals surface area contributed by atoms with Crippen molar-refractivity contribution in [2.45, 2.75) is 0 Å². The van der Waals surface area contributed by atoms with Crippen LogP contribution in [0.15, 0.2) is 0 Å². The molecule has 0 aliphatic carbocycles. The molecule has 0 spiro atoms. The standard InChI is InChI=1S/C4H10N2.ClH.HI/c1-2-6-4-3-5-1;;/h5-6H,1-4H2;2*1H. The van der Waals surface area contributed by atoms with Crippen LogP contribution in [0.1, 0.15) is 0 Å². The first-order valence-electron chi connectivity index (χ1n) is 2.41. The molecule has 0 aromatic carbocycles. The molecule has 0 bridgehead atoms. The van der Waals surface area contributed by atoms with Gasteiger partial charge in [0.15, 0.2) is 0 Å². The zero-order chi connectivity index (χ0) is 4.24. The van der Waals surface area contributed by atoms with Crippen molar-refractivity contribution in [1.29, 1.82) is 0 Å². The third-order valence-corrected chi connectivity index (χ3v) is 0.957. The molecule has 0 aromatic heterocycles. The van der Waals surface area contributed by atoms with Crippen LogP contribution >= 0.6 is 36.4 Å². The van der Waals surface area contributed by atoms with Crippen LogP contribution in [0, 0.1) is 0 Å². The van der Waals surface area contributed by atoms with E-state index in [9.17, 15) is 0 Å². The van der Waals surface area contributed by atoms with E-state index in [0.29, 0.717) is 0 Å². The summed E-state index contributed by atoms with van der Waals surface area (Å²) in [5, 5.41) is 6.44. The van der Waals surface area contributed by atoms with E-state index < -0.39 is 0 Å². The van der Waals surface area contributed by atoms with Gasteiger partial charge in [-0.2, -0.15) is 0 Å². The summed E-state index contributed by atoms with van der Waals surface area (Å²) in [5.41, 5.74) is 0. The summed E-state index contributed by atoms with van der Waals surface area (Å²) in [6.45, 7) is 4.56. The molecule has 1 aliphatic heterocycles. The predicted octanol–water partition coefficient (Wildman–Crippen LogP) is 0.219. The fourth-order valence-electron chi connectivity index (χ4n) is 0.604. The van der Waals surface area contributed by atoms with Crippen molar-refractivity contribution in [3.05, 3.63) is 0 Å². The lowest BCUT2D eigenvalue weighted by Gasteiger charge is -2.11. The Kier molecular flexibility index (Phi) is 11.6. The predicted molar refractivity (Wildman–Crippen MR) is 48.4 cm³/mol. The van der Waals surface area contributed by atoms with Gasteiger partial charge in [-0.25, -0.2) is 0 Å². The van der Waals surface area contributed by atoms with Gasteiger partial charge < -0.3 is 10.6 Å². The van der Waals surface area contributed by atoms with Crippen LogP contribution in [0.3, 0.4) is 0 Å². The summed E-state index contributed by atoms with van der Waals surface area (Å²) in [6, 6.07) is 0. The minimum atomic E-state index is 0. The summed E-state index contributed by atoms with van der Waals surface area (Å²) in [4.78, 5) is 0. The molecular formula is C4H12ClIN2. The van der Waals surface area contributed by atoms with Crippen molar-refractivity contribution in [3.8, 4) is 0 Å². The smallest absolute Gasteiger partial charge is 0.00772 e. The van der Waals surface area contributed by atoms with Crippen molar-refractivity contribution in [2.24, 2.45) is 0 Å². The Morgan fingerprint density at radius 2 is 1.00 bits per heavy atom. The fourth-order valence-corrected chi connectivity index (χ4v) is 0.604. The van der Waals surface area contributed by atoms with Crippen LogP contribution in [-0.2, 0) is 0 Å². The Balaban J connectivity index is 0. The van der Waals surface area contributed by atoms with Gasteiger partial charge >= 0.3 is 0 Å². The Hall–Kier alpha value is 0.940. The third kappa shape index (κ3) is 5.08. The second-order valence-corrected chi connectivity index (χ2v) is 1.50. The summed E-state index contributed by atoms with van der Waals surface area (Å²) in [5.74, 6) is 0. The van der Waals surface area contributed by atoms with Gasteiger partial charge in [-0.05, 0) is 0 Å². The van der Waals surface area contributed by atoms with Crippen LogP contribution in [0.2, 0.25) is 0 Å².